The molecule has 0 fully saturated rings. The summed E-state index contributed by atoms with van der Waals surface area (Å²) in [4.78, 5) is 0. The molecule has 0 saturated heterocycles. The molecule has 0 atom stereocenters. The Balaban J connectivity index is 1.09. The van der Waals surface area contributed by atoms with Crippen LogP contribution in [0.5, 0.6) is 0 Å². The van der Waals surface area contributed by atoms with Crippen molar-refractivity contribution >= 4 is 76.3 Å². The van der Waals surface area contributed by atoms with Crippen molar-refractivity contribution < 1.29 is 4.42 Å². The van der Waals surface area contributed by atoms with E-state index >= 15 is 0 Å². The fourth-order valence-corrected chi connectivity index (χ4v) is 8.03. The van der Waals surface area contributed by atoms with Crippen LogP contribution in [-0.2, 0) is 0 Å². The van der Waals surface area contributed by atoms with Gasteiger partial charge in [0, 0.05) is 43.7 Å². The quantitative estimate of drug-likeness (QED) is 0.192. The first kappa shape index (κ1) is 26.5. The molecule has 3 heterocycles. The lowest BCUT2D eigenvalue weighted by atomic mass is 10.0. The number of rotatable bonds is 3. The molecule has 0 amide bonds. The zero-order chi connectivity index (χ0) is 32.1. The topological polar surface area (TPSA) is 23.0 Å². The highest BCUT2D eigenvalue weighted by atomic mass is 16.3. The van der Waals surface area contributed by atoms with Crippen molar-refractivity contribution in [3.8, 4) is 22.5 Å². The summed E-state index contributed by atoms with van der Waals surface area (Å²) in [7, 11) is 0. The van der Waals surface area contributed by atoms with E-state index in [-0.39, 0.29) is 0 Å². The third-order valence-corrected chi connectivity index (χ3v) is 10.3. The maximum atomic E-state index is 6.19. The minimum atomic E-state index is 0.923. The predicted octanol–water partition coefficient (Wildman–Crippen LogP) is 12.6. The molecular weight excluding hydrogens is 597 g/mol. The summed E-state index contributed by atoms with van der Waals surface area (Å²) in [6.07, 6.45) is 0. The van der Waals surface area contributed by atoms with Crippen molar-refractivity contribution in [2.45, 2.75) is 0 Å². The molecule has 0 N–H and O–H groups in total. The first-order chi connectivity index (χ1) is 24.3. The van der Waals surface area contributed by atoms with E-state index in [0.29, 0.717) is 0 Å². The van der Waals surface area contributed by atoms with Gasteiger partial charge in [0.1, 0.15) is 11.2 Å². The van der Waals surface area contributed by atoms with Gasteiger partial charge in [0.25, 0.3) is 0 Å². The number of aromatic nitrogens is 2. The van der Waals surface area contributed by atoms with Crippen LogP contribution in [0, 0.1) is 0 Å². The van der Waals surface area contributed by atoms with Crippen molar-refractivity contribution in [3.05, 3.63) is 170 Å². The average Bonchev–Trinajstić information content (AvgIpc) is 3.81. The Morgan fingerprint density at radius 2 is 0.878 bits per heavy atom. The summed E-state index contributed by atoms with van der Waals surface area (Å²) in [5.74, 6) is 0. The Bertz CT molecular complexity index is 3100. The van der Waals surface area contributed by atoms with Crippen LogP contribution in [0.2, 0.25) is 0 Å². The first-order valence-electron chi connectivity index (χ1n) is 16.8. The molecule has 8 aromatic carbocycles. The standard InChI is InChI=1S/C46H28N2O/c1-2-10-33(11-3-1)47-41-15-7-4-12-35(41)38-25-29(19-22-43(38)47)30-20-23-44-39(26-30)36-13-5-8-16-42(36)48(44)34-21-18-31-28-46-40(27-32(31)24-34)37-14-6-9-17-45(37)49-46/h1-28H. The fourth-order valence-electron chi connectivity index (χ4n) is 8.03. The Hall–Kier alpha value is -6.58. The maximum absolute atomic E-state index is 6.19. The van der Waals surface area contributed by atoms with E-state index in [1.807, 2.05) is 12.1 Å². The highest BCUT2D eigenvalue weighted by Crippen LogP contribution is 2.39. The minimum absolute atomic E-state index is 0.923. The van der Waals surface area contributed by atoms with Gasteiger partial charge < -0.3 is 13.6 Å². The van der Waals surface area contributed by atoms with E-state index in [0.717, 1.165) is 27.6 Å². The number of nitrogens with zero attached hydrogens (tertiary/aromatic N) is 2. The number of benzene rings is 8. The number of para-hydroxylation sites is 4. The van der Waals surface area contributed by atoms with Crippen molar-refractivity contribution in [2.24, 2.45) is 0 Å². The SMILES string of the molecule is c1ccc(-n2c3ccccc3c3cc(-c4ccc5c(c4)c4ccccc4n5-c4ccc5cc6oc7ccccc7c6cc5c4)ccc32)cc1. The fraction of sp³-hybridized carbons (Fsp3) is 0. The van der Waals surface area contributed by atoms with Gasteiger partial charge in [-0.05, 0) is 101 Å². The molecule has 0 saturated carbocycles. The Morgan fingerprint density at radius 3 is 1.57 bits per heavy atom. The van der Waals surface area contributed by atoms with Crippen LogP contribution in [0.15, 0.2) is 174 Å². The normalized spacial score (nSPS) is 12.1. The molecule has 3 nitrogen and oxygen atoms in total. The van der Waals surface area contributed by atoms with Crippen LogP contribution in [0.1, 0.15) is 0 Å². The van der Waals surface area contributed by atoms with E-state index in [1.165, 1.54) is 71.2 Å². The molecule has 3 heteroatoms. The van der Waals surface area contributed by atoms with Gasteiger partial charge in [0.15, 0.2) is 0 Å². The Morgan fingerprint density at radius 1 is 0.306 bits per heavy atom. The lowest BCUT2D eigenvalue weighted by molar-refractivity contribution is 0.669. The molecule has 0 radical (unpaired) electrons. The summed E-state index contributed by atoms with van der Waals surface area (Å²) in [6.45, 7) is 0. The van der Waals surface area contributed by atoms with Crippen LogP contribution >= 0.6 is 0 Å². The molecule has 0 aliphatic rings. The van der Waals surface area contributed by atoms with Gasteiger partial charge >= 0.3 is 0 Å². The summed E-state index contributed by atoms with van der Waals surface area (Å²) < 4.78 is 11.0. The molecule has 3 aromatic heterocycles. The summed E-state index contributed by atoms with van der Waals surface area (Å²) in [6, 6.07) is 61.4. The zero-order valence-corrected chi connectivity index (χ0v) is 26.5. The third kappa shape index (κ3) is 3.84. The average molecular weight is 625 g/mol. The molecular formula is C46H28N2O. The van der Waals surface area contributed by atoms with Crippen LogP contribution in [0.25, 0.3) is 98.8 Å². The van der Waals surface area contributed by atoms with E-state index in [1.54, 1.807) is 0 Å². The van der Waals surface area contributed by atoms with E-state index in [2.05, 4.69) is 167 Å². The van der Waals surface area contributed by atoms with Gasteiger partial charge in [-0.1, -0.05) is 91.0 Å². The van der Waals surface area contributed by atoms with Gasteiger partial charge in [-0.3, -0.25) is 0 Å². The molecule has 0 unspecified atom stereocenters. The van der Waals surface area contributed by atoms with E-state index < -0.39 is 0 Å². The van der Waals surface area contributed by atoms with Gasteiger partial charge in [-0.2, -0.15) is 0 Å². The van der Waals surface area contributed by atoms with Gasteiger partial charge in [0.05, 0.1) is 22.1 Å². The zero-order valence-electron chi connectivity index (χ0n) is 26.5. The second-order valence-corrected chi connectivity index (χ2v) is 13.0. The number of fused-ring (bicyclic) bond motifs is 10. The van der Waals surface area contributed by atoms with Crippen molar-refractivity contribution in [3.63, 3.8) is 0 Å². The minimum Gasteiger partial charge on any atom is -0.456 e. The smallest absolute Gasteiger partial charge is 0.136 e. The first-order valence-corrected chi connectivity index (χ1v) is 16.8. The van der Waals surface area contributed by atoms with E-state index in [4.69, 9.17) is 4.42 Å². The van der Waals surface area contributed by atoms with Crippen LogP contribution in [0.3, 0.4) is 0 Å². The van der Waals surface area contributed by atoms with Crippen LogP contribution in [-0.4, -0.2) is 9.13 Å². The molecule has 0 aliphatic heterocycles. The number of furan rings is 1. The Kier molecular flexibility index (Phi) is 5.38. The largest absolute Gasteiger partial charge is 0.456 e. The second-order valence-electron chi connectivity index (χ2n) is 13.0. The van der Waals surface area contributed by atoms with Gasteiger partial charge in [-0.25, -0.2) is 0 Å². The molecule has 49 heavy (non-hydrogen) atoms. The predicted molar refractivity (Wildman–Crippen MR) is 205 cm³/mol. The molecule has 0 aliphatic carbocycles. The van der Waals surface area contributed by atoms with Crippen LogP contribution in [0.4, 0.5) is 0 Å². The summed E-state index contributed by atoms with van der Waals surface area (Å²) in [5.41, 5.74) is 11.4. The van der Waals surface area contributed by atoms with Crippen molar-refractivity contribution in [2.75, 3.05) is 0 Å². The summed E-state index contributed by atoms with van der Waals surface area (Å²) >= 11 is 0. The lowest BCUT2D eigenvalue weighted by Crippen LogP contribution is -1.94. The highest BCUT2D eigenvalue weighted by molar-refractivity contribution is 6.14. The third-order valence-electron chi connectivity index (χ3n) is 10.3. The lowest BCUT2D eigenvalue weighted by Gasteiger charge is -2.10. The highest BCUT2D eigenvalue weighted by Gasteiger charge is 2.17. The molecule has 11 rings (SSSR count). The molecule has 11 aromatic rings. The molecule has 228 valence electrons. The molecule has 0 bridgehead atoms. The number of hydrogen-bond donors (Lipinski definition) is 0. The number of hydrogen-bond acceptors (Lipinski definition) is 1. The second kappa shape index (κ2) is 9.96. The van der Waals surface area contributed by atoms with Crippen LogP contribution < -0.4 is 0 Å². The maximum Gasteiger partial charge on any atom is 0.136 e. The van der Waals surface area contributed by atoms with Crippen molar-refractivity contribution in [1.82, 2.24) is 9.13 Å². The van der Waals surface area contributed by atoms with E-state index in [9.17, 15) is 0 Å². The monoisotopic (exact) mass is 624 g/mol. The van der Waals surface area contributed by atoms with Gasteiger partial charge in [-0.15, -0.1) is 0 Å². The van der Waals surface area contributed by atoms with Crippen molar-refractivity contribution in [1.29, 1.82) is 0 Å². The van der Waals surface area contributed by atoms with Gasteiger partial charge in [0.2, 0.25) is 0 Å². The summed E-state index contributed by atoms with van der Waals surface area (Å²) in [5, 5.41) is 9.68. The Labute approximate surface area is 281 Å². The molecule has 0 spiro atoms.